The van der Waals surface area contributed by atoms with E-state index in [0.717, 1.165) is 36.4 Å². The van der Waals surface area contributed by atoms with E-state index in [9.17, 15) is 4.79 Å². The van der Waals surface area contributed by atoms with Gasteiger partial charge in [-0.1, -0.05) is 30.3 Å². The maximum atomic E-state index is 12.9. The molecule has 1 saturated heterocycles. The van der Waals surface area contributed by atoms with E-state index in [4.69, 9.17) is 9.47 Å². The topological polar surface area (TPSA) is 55.7 Å². The Balaban J connectivity index is 1.27. The van der Waals surface area contributed by atoms with Crippen molar-refractivity contribution in [3.63, 3.8) is 0 Å². The molecule has 4 rings (SSSR count). The number of hydrogen-bond donors (Lipinski definition) is 1. The van der Waals surface area contributed by atoms with Crippen molar-refractivity contribution < 1.29 is 14.3 Å². The summed E-state index contributed by atoms with van der Waals surface area (Å²) in [6.07, 6.45) is 4.03. The van der Waals surface area contributed by atoms with Gasteiger partial charge in [0.25, 0.3) is 0 Å². The van der Waals surface area contributed by atoms with Crippen molar-refractivity contribution in [2.45, 2.75) is 25.5 Å². The van der Waals surface area contributed by atoms with Gasteiger partial charge in [-0.3, -0.25) is 0 Å². The van der Waals surface area contributed by atoms with Gasteiger partial charge in [0, 0.05) is 31.2 Å². The molecule has 1 aliphatic heterocycles. The summed E-state index contributed by atoms with van der Waals surface area (Å²) < 4.78 is 13.5. The van der Waals surface area contributed by atoms with E-state index in [1.165, 1.54) is 5.69 Å². The van der Waals surface area contributed by atoms with Gasteiger partial charge in [-0.05, 0) is 54.8 Å². The van der Waals surface area contributed by atoms with Crippen LogP contribution in [0.25, 0.3) is 0 Å². The minimum Gasteiger partial charge on any atom is -0.491 e. The maximum absolute atomic E-state index is 12.9. The molecular weight excluding hydrogens is 390 g/mol. The summed E-state index contributed by atoms with van der Waals surface area (Å²) in [7, 11) is 2.03. The number of carbonyl (C=O) groups excluding carboxylic acids is 1. The minimum absolute atomic E-state index is 0.0574. The van der Waals surface area contributed by atoms with Crippen LogP contribution in [0.3, 0.4) is 0 Å². The fraction of sp³-hybridized carbons (Fsp3) is 0.320. The first-order valence-electron chi connectivity index (χ1n) is 10.7. The van der Waals surface area contributed by atoms with Crippen molar-refractivity contribution in [2.75, 3.05) is 25.1 Å². The second kappa shape index (κ2) is 10.2. The second-order valence-electron chi connectivity index (χ2n) is 7.74. The maximum Gasteiger partial charge on any atom is 0.322 e. The quantitative estimate of drug-likeness (QED) is 0.524. The van der Waals surface area contributed by atoms with E-state index in [0.29, 0.717) is 19.8 Å². The third kappa shape index (κ3) is 5.47. The van der Waals surface area contributed by atoms with Crippen molar-refractivity contribution in [1.82, 2.24) is 9.47 Å². The molecule has 1 aliphatic rings. The SMILES string of the molecule is Cn1cccc1C1CCCN1C(=O)Nc1cccc(COCCOc2ccccc2)c1. The summed E-state index contributed by atoms with van der Waals surface area (Å²) in [6.45, 7) is 2.23. The second-order valence-corrected chi connectivity index (χ2v) is 7.74. The predicted molar refractivity (Wildman–Crippen MR) is 121 cm³/mol. The van der Waals surface area contributed by atoms with Gasteiger partial charge in [-0.2, -0.15) is 0 Å². The van der Waals surface area contributed by atoms with Gasteiger partial charge in [0.1, 0.15) is 12.4 Å². The number of aromatic nitrogens is 1. The number of para-hydroxylation sites is 1. The lowest BCUT2D eigenvalue weighted by molar-refractivity contribution is 0.0889. The molecule has 2 aromatic carbocycles. The number of carbonyl (C=O) groups is 1. The molecule has 1 atom stereocenters. The fourth-order valence-corrected chi connectivity index (χ4v) is 4.00. The Morgan fingerprint density at radius 1 is 1.06 bits per heavy atom. The third-order valence-corrected chi connectivity index (χ3v) is 5.53. The summed E-state index contributed by atoms with van der Waals surface area (Å²) in [5.41, 5.74) is 2.97. The third-order valence-electron chi connectivity index (χ3n) is 5.53. The number of aryl methyl sites for hydroxylation is 1. The monoisotopic (exact) mass is 419 g/mol. The molecular formula is C25H29N3O3. The number of likely N-dealkylation sites (tertiary alicyclic amines) is 1. The summed E-state index contributed by atoms with van der Waals surface area (Å²) >= 11 is 0. The Kier molecular flexibility index (Phi) is 6.89. The average molecular weight is 420 g/mol. The lowest BCUT2D eigenvalue weighted by Crippen LogP contribution is -2.35. The molecule has 0 aliphatic carbocycles. The summed E-state index contributed by atoms with van der Waals surface area (Å²) in [5.74, 6) is 0.839. The number of hydrogen-bond acceptors (Lipinski definition) is 3. The Labute approximate surface area is 183 Å². The minimum atomic E-state index is -0.0574. The van der Waals surface area contributed by atoms with Crippen LogP contribution in [0, 0.1) is 0 Å². The summed E-state index contributed by atoms with van der Waals surface area (Å²) in [5, 5.41) is 3.06. The van der Waals surface area contributed by atoms with Crippen LogP contribution in [0.4, 0.5) is 10.5 Å². The van der Waals surface area contributed by atoms with Crippen molar-refractivity contribution in [3.05, 3.63) is 84.2 Å². The fourth-order valence-electron chi connectivity index (χ4n) is 4.00. The first-order chi connectivity index (χ1) is 15.2. The van der Waals surface area contributed by atoms with E-state index in [-0.39, 0.29) is 12.1 Å². The number of urea groups is 1. The van der Waals surface area contributed by atoms with Crippen molar-refractivity contribution in [3.8, 4) is 5.75 Å². The van der Waals surface area contributed by atoms with Crippen LogP contribution in [0.2, 0.25) is 0 Å². The van der Waals surface area contributed by atoms with Crippen LogP contribution >= 0.6 is 0 Å². The van der Waals surface area contributed by atoms with Gasteiger partial charge in [0.2, 0.25) is 0 Å². The number of benzene rings is 2. The highest BCUT2D eigenvalue weighted by Gasteiger charge is 2.31. The van der Waals surface area contributed by atoms with Gasteiger partial charge in [0.05, 0.1) is 19.3 Å². The zero-order valence-electron chi connectivity index (χ0n) is 17.9. The lowest BCUT2D eigenvalue weighted by atomic mass is 10.1. The summed E-state index contributed by atoms with van der Waals surface area (Å²) in [6, 6.07) is 21.7. The van der Waals surface area contributed by atoms with Crippen LogP contribution in [0.15, 0.2) is 72.9 Å². The largest absolute Gasteiger partial charge is 0.491 e. The molecule has 6 nitrogen and oxygen atoms in total. The number of amides is 2. The molecule has 1 aromatic heterocycles. The van der Waals surface area contributed by atoms with Crippen LogP contribution in [-0.4, -0.2) is 35.3 Å². The van der Waals surface area contributed by atoms with Gasteiger partial charge >= 0.3 is 6.03 Å². The summed E-state index contributed by atoms with van der Waals surface area (Å²) in [4.78, 5) is 14.9. The van der Waals surface area contributed by atoms with Crippen LogP contribution in [0.5, 0.6) is 5.75 Å². The van der Waals surface area contributed by atoms with Gasteiger partial charge in [0.15, 0.2) is 0 Å². The van der Waals surface area contributed by atoms with E-state index >= 15 is 0 Å². The first kappa shape index (κ1) is 21.0. The molecule has 3 aromatic rings. The highest BCUT2D eigenvalue weighted by Crippen LogP contribution is 2.32. The molecule has 1 fully saturated rings. The molecule has 2 amide bonds. The molecule has 2 heterocycles. The smallest absolute Gasteiger partial charge is 0.322 e. The number of ether oxygens (including phenoxy) is 2. The van der Waals surface area contributed by atoms with Crippen molar-refractivity contribution in [1.29, 1.82) is 0 Å². The molecule has 1 unspecified atom stereocenters. The molecule has 6 heteroatoms. The van der Waals surface area contributed by atoms with E-state index < -0.39 is 0 Å². The van der Waals surface area contributed by atoms with Crippen molar-refractivity contribution >= 4 is 11.7 Å². The zero-order chi connectivity index (χ0) is 21.5. The molecule has 0 radical (unpaired) electrons. The average Bonchev–Trinajstić information content (AvgIpc) is 3.43. The number of nitrogens with zero attached hydrogens (tertiary/aromatic N) is 2. The Hall–Kier alpha value is -3.25. The number of rotatable bonds is 8. The zero-order valence-corrected chi connectivity index (χ0v) is 17.9. The van der Waals surface area contributed by atoms with E-state index in [2.05, 4.69) is 16.0 Å². The molecule has 0 saturated carbocycles. The standard InChI is InChI=1S/C25H29N3O3/c1-27-14-6-12-23(27)24-13-7-15-28(24)25(29)26-21-9-5-8-20(18-21)19-30-16-17-31-22-10-3-2-4-11-22/h2-6,8-12,14,18,24H,7,13,15-17,19H2,1H3,(H,26,29). The Morgan fingerprint density at radius 2 is 1.94 bits per heavy atom. The van der Waals surface area contributed by atoms with Crippen LogP contribution in [0.1, 0.15) is 30.1 Å². The molecule has 0 spiro atoms. The first-order valence-corrected chi connectivity index (χ1v) is 10.7. The van der Waals surface area contributed by atoms with Crippen LogP contribution in [-0.2, 0) is 18.4 Å². The van der Waals surface area contributed by atoms with E-state index in [1.54, 1.807) is 0 Å². The normalized spacial score (nSPS) is 15.8. The molecule has 1 N–H and O–H groups in total. The Morgan fingerprint density at radius 3 is 2.74 bits per heavy atom. The lowest BCUT2D eigenvalue weighted by Gasteiger charge is -2.25. The predicted octanol–water partition coefficient (Wildman–Crippen LogP) is 4.99. The van der Waals surface area contributed by atoms with Gasteiger partial charge in [-0.15, -0.1) is 0 Å². The van der Waals surface area contributed by atoms with Crippen molar-refractivity contribution in [2.24, 2.45) is 7.05 Å². The Bertz CT molecular complexity index is 986. The van der Waals surface area contributed by atoms with Crippen LogP contribution < -0.4 is 10.1 Å². The van der Waals surface area contributed by atoms with E-state index in [1.807, 2.05) is 78.8 Å². The number of anilines is 1. The highest BCUT2D eigenvalue weighted by molar-refractivity contribution is 5.89. The van der Waals surface area contributed by atoms with Gasteiger partial charge < -0.3 is 24.3 Å². The van der Waals surface area contributed by atoms with Gasteiger partial charge in [-0.25, -0.2) is 4.79 Å². The molecule has 0 bridgehead atoms. The molecule has 162 valence electrons. The highest BCUT2D eigenvalue weighted by atomic mass is 16.5. The molecule has 31 heavy (non-hydrogen) atoms. The number of nitrogens with one attached hydrogen (secondary N) is 1.